The second kappa shape index (κ2) is 6.57. The Balaban J connectivity index is 2.28. The van der Waals surface area contributed by atoms with Crippen LogP contribution in [0, 0.1) is 0 Å². The Morgan fingerprint density at radius 3 is 2.65 bits per heavy atom. The van der Waals surface area contributed by atoms with E-state index in [2.05, 4.69) is 24.0 Å². The molecule has 1 aromatic rings. The summed E-state index contributed by atoms with van der Waals surface area (Å²) < 4.78 is 10.3. The molecule has 0 aromatic heterocycles. The fraction of sp³-hybridized carbons (Fsp3) is 0.438. The van der Waals surface area contributed by atoms with E-state index in [9.17, 15) is 4.79 Å². The maximum Gasteiger partial charge on any atom is 0.332 e. The molecule has 1 unspecified atom stereocenters. The monoisotopic (exact) mass is 275 g/mol. The number of hydrogen-bond donors (Lipinski definition) is 0. The zero-order valence-corrected chi connectivity index (χ0v) is 12.2. The lowest BCUT2D eigenvalue weighted by Gasteiger charge is -2.33. The summed E-state index contributed by atoms with van der Waals surface area (Å²) in [4.78, 5) is 13.7. The van der Waals surface area contributed by atoms with Crippen molar-refractivity contribution in [1.29, 1.82) is 0 Å². The average Bonchev–Trinajstić information content (AvgIpc) is 2.89. The van der Waals surface area contributed by atoms with E-state index in [4.69, 9.17) is 9.47 Å². The minimum Gasteiger partial charge on any atom is -0.466 e. The van der Waals surface area contributed by atoms with Gasteiger partial charge in [-0.1, -0.05) is 30.3 Å². The first-order chi connectivity index (χ1) is 9.67. The zero-order chi connectivity index (χ0) is 14.5. The zero-order valence-electron chi connectivity index (χ0n) is 12.2. The Labute approximate surface area is 120 Å². The predicted octanol–water partition coefficient (Wildman–Crippen LogP) is 2.87. The summed E-state index contributed by atoms with van der Waals surface area (Å²) in [7, 11) is 3.10. The SMILES string of the molecule is COC(=O)/C=C1\CCC(OC)N1[C@@H](C)c1ccccc1. The van der Waals surface area contributed by atoms with Gasteiger partial charge in [-0.15, -0.1) is 0 Å². The maximum atomic E-state index is 11.5. The van der Waals surface area contributed by atoms with E-state index in [1.54, 1.807) is 13.2 Å². The van der Waals surface area contributed by atoms with Crippen LogP contribution in [-0.4, -0.2) is 31.3 Å². The van der Waals surface area contributed by atoms with Crippen molar-refractivity contribution in [3.05, 3.63) is 47.7 Å². The first kappa shape index (κ1) is 14.6. The van der Waals surface area contributed by atoms with Gasteiger partial charge in [-0.2, -0.15) is 0 Å². The molecule has 0 bridgehead atoms. The van der Waals surface area contributed by atoms with Gasteiger partial charge in [0.15, 0.2) is 0 Å². The van der Waals surface area contributed by atoms with Crippen molar-refractivity contribution in [3.8, 4) is 0 Å². The lowest BCUT2D eigenvalue weighted by molar-refractivity contribution is -0.135. The first-order valence-electron chi connectivity index (χ1n) is 6.82. The van der Waals surface area contributed by atoms with Crippen molar-refractivity contribution in [2.24, 2.45) is 0 Å². The molecule has 0 radical (unpaired) electrons. The highest BCUT2D eigenvalue weighted by Crippen LogP contribution is 2.36. The topological polar surface area (TPSA) is 38.8 Å². The molecule has 1 aliphatic rings. The lowest BCUT2D eigenvalue weighted by atomic mass is 10.1. The number of esters is 1. The molecule has 2 rings (SSSR count). The van der Waals surface area contributed by atoms with Crippen LogP contribution in [0.2, 0.25) is 0 Å². The summed E-state index contributed by atoms with van der Waals surface area (Å²) in [5, 5.41) is 0. The van der Waals surface area contributed by atoms with Gasteiger partial charge in [-0.3, -0.25) is 0 Å². The highest BCUT2D eigenvalue weighted by Gasteiger charge is 2.32. The summed E-state index contributed by atoms with van der Waals surface area (Å²) >= 11 is 0. The molecular formula is C16H21NO3. The fourth-order valence-corrected chi connectivity index (χ4v) is 2.69. The number of hydrogen-bond acceptors (Lipinski definition) is 4. The van der Waals surface area contributed by atoms with Gasteiger partial charge in [0.25, 0.3) is 0 Å². The third kappa shape index (κ3) is 3.02. The number of likely N-dealkylation sites (tertiary alicyclic amines) is 1. The molecule has 1 aromatic carbocycles. The van der Waals surface area contributed by atoms with Gasteiger partial charge in [0.05, 0.1) is 13.2 Å². The van der Waals surface area contributed by atoms with Gasteiger partial charge in [0.1, 0.15) is 6.23 Å². The van der Waals surface area contributed by atoms with Crippen LogP contribution < -0.4 is 0 Å². The molecule has 0 saturated carbocycles. The van der Waals surface area contributed by atoms with Crippen LogP contribution in [0.25, 0.3) is 0 Å². The molecular weight excluding hydrogens is 254 g/mol. The number of carbonyl (C=O) groups excluding carboxylic acids is 1. The van der Waals surface area contributed by atoms with E-state index in [-0.39, 0.29) is 18.2 Å². The highest BCUT2D eigenvalue weighted by molar-refractivity contribution is 5.82. The van der Waals surface area contributed by atoms with Gasteiger partial charge in [0, 0.05) is 18.9 Å². The van der Waals surface area contributed by atoms with Crippen molar-refractivity contribution in [2.75, 3.05) is 14.2 Å². The molecule has 1 saturated heterocycles. The Morgan fingerprint density at radius 1 is 1.35 bits per heavy atom. The fourth-order valence-electron chi connectivity index (χ4n) is 2.69. The molecule has 20 heavy (non-hydrogen) atoms. The number of benzene rings is 1. The van der Waals surface area contributed by atoms with Crippen molar-refractivity contribution in [3.63, 3.8) is 0 Å². The standard InChI is InChI=1S/C16H21NO3/c1-12(13-7-5-4-6-8-13)17-14(11-16(18)20-3)9-10-15(17)19-2/h4-8,11-12,15H,9-10H2,1-3H3/b14-11+/t12-,15?/m0/s1. The van der Waals surface area contributed by atoms with Gasteiger partial charge in [-0.25, -0.2) is 4.79 Å². The highest BCUT2D eigenvalue weighted by atomic mass is 16.5. The molecule has 0 amide bonds. The van der Waals surface area contributed by atoms with Gasteiger partial charge < -0.3 is 14.4 Å². The van der Waals surface area contributed by atoms with Crippen LogP contribution in [0.4, 0.5) is 0 Å². The third-order valence-electron chi connectivity index (χ3n) is 3.75. The average molecular weight is 275 g/mol. The van der Waals surface area contributed by atoms with Crippen LogP contribution in [0.3, 0.4) is 0 Å². The summed E-state index contributed by atoms with van der Waals surface area (Å²) in [5.41, 5.74) is 2.17. The van der Waals surface area contributed by atoms with Crippen LogP contribution in [0.1, 0.15) is 31.4 Å². The van der Waals surface area contributed by atoms with E-state index in [1.807, 2.05) is 18.2 Å². The van der Waals surface area contributed by atoms with Crippen LogP contribution in [0.15, 0.2) is 42.1 Å². The molecule has 4 nitrogen and oxygen atoms in total. The van der Waals surface area contributed by atoms with Gasteiger partial charge in [0.2, 0.25) is 0 Å². The van der Waals surface area contributed by atoms with Crippen LogP contribution >= 0.6 is 0 Å². The summed E-state index contributed by atoms with van der Waals surface area (Å²) in [6, 6.07) is 10.4. The molecule has 4 heteroatoms. The summed E-state index contributed by atoms with van der Waals surface area (Å²) in [6.45, 7) is 2.12. The van der Waals surface area contributed by atoms with Crippen molar-refractivity contribution < 1.29 is 14.3 Å². The molecule has 0 spiro atoms. The largest absolute Gasteiger partial charge is 0.466 e. The normalized spacial score (nSPS) is 22.1. The number of rotatable bonds is 4. The Hall–Kier alpha value is -1.81. The van der Waals surface area contributed by atoms with E-state index in [0.29, 0.717) is 0 Å². The number of methoxy groups -OCH3 is 2. The van der Waals surface area contributed by atoms with Crippen LogP contribution in [0.5, 0.6) is 0 Å². The minimum atomic E-state index is -0.318. The summed E-state index contributed by atoms with van der Waals surface area (Å²) in [6.07, 6.45) is 3.28. The minimum absolute atomic E-state index is 0.00103. The van der Waals surface area contributed by atoms with E-state index in [0.717, 1.165) is 18.5 Å². The molecule has 2 atom stereocenters. The Morgan fingerprint density at radius 2 is 2.05 bits per heavy atom. The van der Waals surface area contributed by atoms with Crippen molar-refractivity contribution in [1.82, 2.24) is 4.90 Å². The van der Waals surface area contributed by atoms with Crippen molar-refractivity contribution in [2.45, 2.75) is 32.0 Å². The second-order valence-electron chi connectivity index (χ2n) is 4.88. The van der Waals surface area contributed by atoms with Gasteiger partial charge in [-0.05, 0) is 25.3 Å². The number of ether oxygens (including phenoxy) is 2. The number of nitrogens with zero attached hydrogens (tertiary/aromatic N) is 1. The third-order valence-corrected chi connectivity index (χ3v) is 3.75. The van der Waals surface area contributed by atoms with E-state index >= 15 is 0 Å². The molecule has 0 aliphatic carbocycles. The Bertz CT molecular complexity index is 484. The quantitative estimate of drug-likeness (QED) is 0.625. The maximum absolute atomic E-state index is 11.5. The van der Waals surface area contributed by atoms with Crippen molar-refractivity contribution >= 4 is 5.97 Å². The van der Waals surface area contributed by atoms with Gasteiger partial charge >= 0.3 is 5.97 Å². The molecule has 108 valence electrons. The van der Waals surface area contributed by atoms with Crippen LogP contribution in [-0.2, 0) is 14.3 Å². The molecule has 1 aliphatic heterocycles. The van der Waals surface area contributed by atoms with E-state index in [1.165, 1.54) is 12.7 Å². The second-order valence-corrected chi connectivity index (χ2v) is 4.88. The molecule has 0 N–H and O–H groups in total. The predicted molar refractivity (Wildman–Crippen MR) is 76.8 cm³/mol. The number of carbonyl (C=O) groups is 1. The lowest BCUT2D eigenvalue weighted by Crippen LogP contribution is -2.32. The Kier molecular flexibility index (Phi) is 4.79. The molecule has 1 heterocycles. The smallest absolute Gasteiger partial charge is 0.332 e. The first-order valence-corrected chi connectivity index (χ1v) is 6.82. The number of allylic oxidation sites excluding steroid dienone is 1. The van der Waals surface area contributed by atoms with E-state index < -0.39 is 0 Å². The molecule has 1 fully saturated rings. The summed E-state index contributed by atoms with van der Waals surface area (Å²) in [5.74, 6) is -0.318.